The average Bonchev–Trinajstić information content (AvgIpc) is 2.68. The number of thiazole rings is 1. The van der Waals surface area contributed by atoms with Gasteiger partial charge in [-0.15, -0.1) is 11.3 Å². The molecular weight excluding hydrogens is 367 g/mol. The van der Waals surface area contributed by atoms with Gasteiger partial charge < -0.3 is 5.73 Å². The lowest BCUT2D eigenvalue weighted by Gasteiger charge is -2.11. The zero-order valence-corrected chi connectivity index (χ0v) is 13.0. The van der Waals surface area contributed by atoms with Crippen LogP contribution in [0.1, 0.15) is 22.3 Å². The molecule has 0 saturated heterocycles. The molecule has 0 aliphatic rings. The van der Waals surface area contributed by atoms with Crippen molar-refractivity contribution >= 4 is 45.5 Å². The van der Waals surface area contributed by atoms with Crippen LogP contribution in [0.4, 0.5) is 0 Å². The fraction of sp³-hybridized carbons (Fsp3) is 0.250. The molecule has 2 N–H and O–H groups in total. The lowest BCUT2D eigenvalue weighted by Crippen LogP contribution is -2.13. The van der Waals surface area contributed by atoms with E-state index in [1.54, 1.807) is 11.3 Å². The predicted octanol–water partition coefficient (Wildman–Crippen LogP) is 3.95. The molecule has 1 unspecified atom stereocenters. The summed E-state index contributed by atoms with van der Waals surface area (Å²) in [6.45, 7) is 2.00. The number of nitrogens with zero attached hydrogens (tertiary/aromatic N) is 1. The zero-order chi connectivity index (χ0) is 12.4. The van der Waals surface area contributed by atoms with E-state index in [0.29, 0.717) is 0 Å². The fourth-order valence-electron chi connectivity index (χ4n) is 1.59. The summed E-state index contributed by atoms with van der Waals surface area (Å²) >= 11 is 9.95. The van der Waals surface area contributed by atoms with E-state index in [0.717, 1.165) is 31.3 Å². The van der Waals surface area contributed by atoms with Crippen molar-refractivity contribution in [1.82, 2.24) is 4.98 Å². The maximum atomic E-state index is 6.16. The van der Waals surface area contributed by atoms with Crippen LogP contribution in [0.25, 0.3) is 0 Å². The van der Waals surface area contributed by atoms with Crippen LogP contribution in [0.5, 0.6) is 0 Å². The lowest BCUT2D eigenvalue weighted by molar-refractivity contribution is 0.709. The standard InChI is InChI=1S/C12H12ClIN2S/c1-7-16-9(6-17-7)5-12(15)8-2-3-11(14)10(13)4-8/h2-4,6,12H,5,15H2,1H3. The summed E-state index contributed by atoms with van der Waals surface area (Å²) in [5.41, 5.74) is 8.27. The minimum Gasteiger partial charge on any atom is -0.324 e. The number of hydrogen-bond donors (Lipinski definition) is 1. The molecule has 0 amide bonds. The molecule has 2 nitrogen and oxygen atoms in total. The molecule has 1 aromatic carbocycles. The van der Waals surface area contributed by atoms with Crippen LogP contribution in [-0.2, 0) is 6.42 Å². The van der Waals surface area contributed by atoms with E-state index in [-0.39, 0.29) is 6.04 Å². The van der Waals surface area contributed by atoms with Gasteiger partial charge in [0.1, 0.15) is 0 Å². The van der Waals surface area contributed by atoms with E-state index in [2.05, 4.69) is 33.0 Å². The third-order valence-corrected chi connectivity index (χ3v) is 4.86. The zero-order valence-electron chi connectivity index (χ0n) is 9.28. The molecule has 0 aliphatic carbocycles. The Labute approximate surface area is 123 Å². The van der Waals surface area contributed by atoms with E-state index >= 15 is 0 Å². The highest BCUT2D eigenvalue weighted by Gasteiger charge is 2.10. The van der Waals surface area contributed by atoms with Gasteiger partial charge in [0.2, 0.25) is 0 Å². The largest absolute Gasteiger partial charge is 0.324 e. The smallest absolute Gasteiger partial charge is 0.0897 e. The summed E-state index contributed by atoms with van der Waals surface area (Å²) in [7, 11) is 0. The van der Waals surface area contributed by atoms with Crippen LogP contribution in [0.2, 0.25) is 5.02 Å². The maximum absolute atomic E-state index is 6.16. The number of rotatable bonds is 3. The van der Waals surface area contributed by atoms with Crippen molar-refractivity contribution in [3.63, 3.8) is 0 Å². The Hall–Kier alpha value is -0.170. The Morgan fingerprint density at radius 3 is 2.88 bits per heavy atom. The Bertz CT molecular complexity index is 527. The number of hydrogen-bond acceptors (Lipinski definition) is 3. The lowest BCUT2D eigenvalue weighted by atomic mass is 10.0. The Morgan fingerprint density at radius 1 is 1.53 bits per heavy atom. The molecule has 1 heterocycles. The highest BCUT2D eigenvalue weighted by molar-refractivity contribution is 14.1. The van der Waals surface area contributed by atoms with Gasteiger partial charge in [-0.05, 0) is 47.2 Å². The van der Waals surface area contributed by atoms with E-state index in [9.17, 15) is 0 Å². The van der Waals surface area contributed by atoms with Crippen molar-refractivity contribution in [2.75, 3.05) is 0 Å². The van der Waals surface area contributed by atoms with Crippen LogP contribution >= 0.6 is 45.5 Å². The van der Waals surface area contributed by atoms with Crippen LogP contribution in [-0.4, -0.2) is 4.98 Å². The molecule has 1 aromatic heterocycles. The van der Waals surface area contributed by atoms with Crippen molar-refractivity contribution in [3.05, 3.63) is 48.4 Å². The van der Waals surface area contributed by atoms with Gasteiger partial charge >= 0.3 is 0 Å². The highest BCUT2D eigenvalue weighted by Crippen LogP contribution is 2.24. The summed E-state index contributed by atoms with van der Waals surface area (Å²) in [5, 5.41) is 3.89. The highest BCUT2D eigenvalue weighted by atomic mass is 127. The van der Waals surface area contributed by atoms with Crippen molar-refractivity contribution in [1.29, 1.82) is 0 Å². The minimum atomic E-state index is -0.0500. The average molecular weight is 379 g/mol. The third kappa shape index (κ3) is 3.40. The Balaban J connectivity index is 2.14. The normalized spacial score (nSPS) is 12.7. The number of halogens is 2. The monoisotopic (exact) mass is 378 g/mol. The van der Waals surface area contributed by atoms with Crippen molar-refractivity contribution in [3.8, 4) is 0 Å². The number of nitrogens with two attached hydrogens (primary N) is 1. The molecule has 0 saturated carbocycles. The summed E-state index contributed by atoms with van der Waals surface area (Å²) in [4.78, 5) is 4.42. The van der Waals surface area contributed by atoms with Gasteiger partial charge in [-0.25, -0.2) is 4.98 Å². The number of aromatic nitrogens is 1. The third-order valence-electron chi connectivity index (χ3n) is 2.47. The molecule has 2 rings (SSSR count). The first-order valence-electron chi connectivity index (χ1n) is 5.18. The SMILES string of the molecule is Cc1nc(CC(N)c2ccc(I)c(Cl)c2)cs1. The number of benzene rings is 1. The van der Waals surface area contributed by atoms with E-state index in [1.165, 1.54) is 0 Å². The van der Waals surface area contributed by atoms with Crippen LogP contribution in [0.3, 0.4) is 0 Å². The van der Waals surface area contributed by atoms with Crippen molar-refractivity contribution in [2.24, 2.45) is 5.73 Å². The summed E-state index contributed by atoms with van der Waals surface area (Å²) in [5.74, 6) is 0. The van der Waals surface area contributed by atoms with Gasteiger partial charge in [0, 0.05) is 21.4 Å². The molecule has 1 atom stereocenters. The molecule has 5 heteroatoms. The summed E-state index contributed by atoms with van der Waals surface area (Å²) in [6, 6.07) is 5.90. The fourth-order valence-corrected chi connectivity index (χ4v) is 2.74. The topological polar surface area (TPSA) is 38.9 Å². The van der Waals surface area contributed by atoms with Crippen molar-refractivity contribution < 1.29 is 0 Å². The first-order chi connectivity index (χ1) is 8.06. The second-order valence-electron chi connectivity index (χ2n) is 3.84. The van der Waals surface area contributed by atoms with Crippen LogP contribution in [0.15, 0.2) is 23.6 Å². The van der Waals surface area contributed by atoms with Crippen LogP contribution < -0.4 is 5.73 Å². The molecule has 0 fully saturated rings. The first kappa shape index (κ1) is 13.3. The second kappa shape index (κ2) is 5.65. The van der Waals surface area contributed by atoms with Gasteiger partial charge in [0.05, 0.1) is 15.7 Å². The van der Waals surface area contributed by atoms with E-state index < -0.39 is 0 Å². The Morgan fingerprint density at radius 2 is 2.29 bits per heavy atom. The molecule has 17 heavy (non-hydrogen) atoms. The molecule has 90 valence electrons. The van der Waals surface area contributed by atoms with Gasteiger partial charge in [-0.1, -0.05) is 17.7 Å². The van der Waals surface area contributed by atoms with Gasteiger partial charge in [0.25, 0.3) is 0 Å². The maximum Gasteiger partial charge on any atom is 0.0897 e. The van der Waals surface area contributed by atoms with Gasteiger partial charge in [-0.3, -0.25) is 0 Å². The molecule has 0 radical (unpaired) electrons. The summed E-state index contributed by atoms with van der Waals surface area (Å²) in [6.07, 6.45) is 0.751. The van der Waals surface area contributed by atoms with E-state index in [1.807, 2.05) is 25.1 Å². The predicted molar refractivity (Wildman–Crippen MR) is 81.7 cm³/mol. The van der Waals surface area contributed by atoms with E-state index in [4.69, 9.17) is 17.3 Å². The minimum absolute atomic E-state index is 0.0500. The molecular formula is C12H12ClIN2S. The molecule has 2 aromatic rings. The summed E-state index contributed by atoms with van der Waals surface area (Å²) < 4.78 is 1.05. The molecule has 0 bridgehead atoms. The van der Waals surface area contributed by atoms with Gasteiger partial charge in [-0.2, -0.15) is 0 Å². The van der Waals surface area contributed by atoms with Crippen LogP contribution in [0, 0.1) is 10.5 Å². The molecule has 0 spiro atoms. The van der Waals surface area contributed by atoms with Crippen molar-refractivity contribution in [2.45, 2.75) is 19.4 Å². The Kier molecular flexibility index (Phi) is 4.41. The quantitative estimate of drug-likeness (QED) is 0.821. The second-order valence-corrected chi connectivity index (χ2v) is 6.47. The molecule has 0 aliphatic heterocycles. The van der Waals surface area contributed by atoms with Gasteiger partial charge in [0.15, 0.2) is 0 Å². The number of aryl methyl sites for hydroxylation is 1. The first-order valence-corrected chi connectivity index (χ1v) is 7.51.